The number of halogens is 1. The number of nitrogens with zero attached hydrogens (tertiary/aromatic N) is 3. The van der Waals surface area contributed by atoms with Gasteiger partial charge in [-0.3, -0.25) is 4.79 Å². The SMILES string of the molecule is COc1cc(F)c(C(=O)N2CCNCC2c2nccn2C)cc1OC. The van der Waals surface area contributed by atoms with E-state index in [1.807, 2.05) is 17.8 Å². The van der Waals surface area contributed by atoms with Crippen molar-refractivity contribution in [3.63, 3.8) is 0 Å². The number of aryl methyl sites for hydroxylation is 1. The number of ether oxygens (including phenoxy) is 2. The number of piperazine rings is 1. The number of amides is 1. The van der Waals surface area contributed by atoms with Crippen LogP contribution in [0.3, 0.4) is 0 Å². The van der Waals surface area contributed by atoms with E-state index in [0.29, 0.717) is 25.4 Å². The Hall–Kier alpha value is -2.61. The van der Waals surface area contributed by atoms with Gasteiger partial charge in [0.05, 0.1) is 19.8 Å². The average molecular weight is 348 g/mol. The molecule has 1 N–H and O–H groups in total. The lowest BCUT2D eigenvalue weighted by atomic mass is 10.1. The minimum absolute atomic E-state index is 0.0428. The van der Waals surface area contributed by atoms with Crippen LogP contribution in [0.15, 0.2) is 24.5 Å². The van der Waals surface area contributed by atoms with E-state index in [1.54, 1.807) is 11.1 Å². The first-order valence-corrected chi connectivity index (χ1v) is 7.97. The number of nitrogens with one attached hydrogen (secondary N) is 1. The van der Waals surface area contributed by atoms with Crippen molar-refractivity contribution >= 4 is 5.91 Å². The molecule has 1 amide bonds. The van der Waals surface area contributed by atoms with Crippen molar-refractivity contribution < 1.29 is 18.7 Å². The van der Waals surface area contributed by atoms with Crippen LogP contribution in [-0.2, 0) is 7.05 Å². The summed E-state index contributed by atoms with van der Waals surface area (Å²) in [5.74, 6) is 0.280. The van der Waals surface area contributed by atoms with E-state index in [4.69, 9.17) is 9.47 Å². The highest BCUT2D eigenvalue weighted by molar-refractivity contribution is 5.95. The van der Waals surface area contributed by atoms with E-state index in [2.05, 4.69) is 10.3 Å². The zero-order valence-corrected chi connectivity index (χ0v) is 14.5. The lowest BCUT2D eigenvalue weighted by Gasteiger charge is -2.36. The second-order valence-electron chi connectivity index (χ2n) is 5.80. The number of hydrogen-bond acceptors (Lipinski definition) is 5. The van der Waals surface area contributed by atoms with Gasteiger partial charge in [-0.15, -0.1) is 0 Å². The normalized spacial score (nSPS) is 17.4. The molecule has 0 aliphatic carbocycles. The molecule has 1 atom stereocenters. The Morgan fingerprint density at radius 1 is 1.32 bits per heavy atom. The van der Waals surface area contributed by atoms with Gasteiger partial charge in [-0.1, -0.05) is 0 Å². The third-order valence-electron chi connectivity index (χ3n) is 4.36. The topological polar surface area (TPSA) is 68.6 Å². The van der Waals surface area contributed by atoms with E-state index < -0.39 is 11.7 Å². The molecule has 1 aromatic heterocycles. The van der Waals surface area contributed by atoms with Crippen LogP contribution in [0.2, 0.25) is 0 Å². The average Bonchev–Trinajstić information content (AvgIpc) is 3.06. The number of benzene rings is 1. The van der Waals surface area contributed by atoms with Crippen LogP contribution in [0.25, 0.3) is 0 Å². The zero-order valence-electron chi connectivity index (χ0n) is 14.5. The van der Waals surface area contributed by atoms with Crippen molar-refractivity contribution in [3.05, 3.63) is 41.7 Å². The number of rotatable bonds is 4. The molecule has 2 aromatic rings. The van der Waals surface area contributed by atoms with Gasteiger partial charge in [0.15, 0.2) is 11.5 Å². The third kappa shape index (κ3) is 3.17. The van der Waals surface area contributed by atoms with Gasteiger partial charge in [-0.25, -0.2) is 9.37 Å². The molecular formula is C17H21FN4O3. The Morgan fingerprint density at radius 3 is 2.68 bits per heavy atom. The van der Waals surface area contributed by atoms with E-state index in [0.717, 1.165) is 5.82 Å². The number of methoxy groups -OCH3 is 2. The summed E-state index contributed by atoms with van der Waals surface area (Å²) >= 11 is 0. The smallest absolute Gasteiger partial charge is 0.257 e. The Balaban J connectivity index is 1.97. The maximum atomic E-state index is 14.5. The molecule has 0 saturated carbocycles. The van der Waals surface area contributed by atoms with Crippen molar-refractivity contribution in [3.8, 4) is 11.5 Å². The fourth-order valence-corrected chi connectivity index (χ4v) is 3.05. The molecule has 7 nitrogen and oxygen atoms in total. The highest BCUT2D eigenvalue weighted by Crippen LogP contribution is 2.32. The van der Waals surface area contributed by atoms with Crippen LogP contribution in [-0.4, -0.2) is 54.2 Å². The predicted octanol–water partition coefficient (Wildman–Crippen LogP) is 1.36. The lowest BCUT2D eigenvalue weighted by Crippen LogP contribution is -2.49. The molecule has 0 bridgehead atoms. The maximum absolute atomic E-state index is 14.5. The molecule has 2 heterocycles. The quantitative estimate of drug-likeness (QED) is 0.904. The van der Waals surface area contributed by atoms with Crippen molar-refractivity contribution in [2.75, 3.05) is 33.9 Å². The first kappa shape index (κ1) is 17.2. The summed E-state index contributed by atoms with van der Waals surface area (Å²) in [6, 6.07) is 2.28. The van der Waals surface area contributed by atoms with E-state index in [1.165, 1.54) is 26.4 Å². The minimum Gasteiger partial charge on any atom is -0.493 e. The Kier molecular flexibility index (Phi) is 4.89. The van der Waals surface area contributed by atoms with Crippen LogP contribution in [0.4, 0.5) is 4.39 Å². The molecule has 1 saturated heterocycles. The summed E-state index contributed by atoms with van der Waals surface area (Å²) in [6.45, 7) is 1.66. The van der Waals surface area contributed by atoms with Crippen LogP contribution >= 0.6 is 0 Å². The largest absolute Gasteiger partial charge is 0.493 e. The van der Waals surface area contributed by atoms with Gasteiger partial charge < -0.3 is 24.3 Å². The monoisotopic (exact) mass is 348 g/mol. The predicted molar refractivity (Wildman–Crippen MR) is 89.4 cm³/mol. The van der Waals surface area contributed by atoms with Crippen molar-refractivity contribution in [2.45, 2.75) is 6.04 Å². The molecule has 0 spiro atoms. The van der Waals surface area contributed by atoms with Gasteiger partial charge in [0.25, 0.3) is 5.91 Å². The van der Waals surface area contributed by atoms with Crippen LogP contribution < -0.4 is 14.8 Å². The molecule has 3 rings (SSSR count). The van der Waals surface area contributed by atoms with E-state index in [-0.39, 0.29) is 17.4 Å². The first-order chi connectivity index (χ1) is 12.1. The molecule has 1 aliphatic heterocycles. The Bertz CT molecular complexity index is 777. The molecule has 134 valence electrons. The zero-order chi connectivity index (χ0) is 18.0. The second kappa shape index (κ2) is 7.10. The van der Waals surface area contributed by atoms with Gasteiger partial charge in [-0.2, -0.15) is 0 Å². The first-order valence-electron chi connectivity index (χ1n) is 7.97. The standard InChI is InChI=1S/C17H21FN4O3/c1-21-6-5-20-16(21)13-10-19-4-7-22(13)17(23)11-8-14(24-2)15(25-3)9-12(11)18/h5-6,8-9,13,19H,4,7,10H2,1-3H3. The summed E-state index contributed by atoms with van der Waals surface area (Å²) in [5, 5.41) is 3.26. The number of hydrogen-bond donors (Lipinski definition) is 1. The molecule has 0 radical (unpaired) electrons. The number of aromatic nitrogens is 2. The van der Waals surface area contributed by atoms with Crippen LogP contribution in [0.5, 0.6) is 11.5 Å². The Morgan fingerprint density at radius 2 is 2.04 bits per heavy atom. The highest BCUT2D eigenvalue weighted by atomic mass is 19.1. The van der Waals surface area contributed by atoms with E-state index >= 15 is 0 Å². The van der Waals surface area contributed by atoms with Crippen LogP contribution in [0.1, 0.15) is 22.2 Å². The minimum atomic E-state index is -0.639. The summed E-state index contributed by atoms with van der Waals surface area (Å²) in [6.07, 6.45) is 3.51. The maximum Gasteiger partial charge on any atom is 0.257 e. The van der Waals surface area contributed by atoms with Crippen molar-refractivity contribution in [1.82, 2.24) is 19.8 Å². The fraction of sp³-hybridized carbons (Fsp3) is 0.412. The van der Waals surface area contributed by atoms with Gasteiger partial charge in [-0.05, 0) is 6.07 Å². The van der Waals surface area contributed by atoms with Gasteiger partial charge >= 0.3 is 0 Å². The lowest BCUT2D eigenvalue weighted by molar-refractivity contribution is 0.0615. The molecule has 1 aliphatic rings. The molecule has 1 aromatic carbocycles. The molecule has 8 heteroatoms. The van der Waals surface area contributed by atoms with E-state index in [9.17, 15) is 9.18 Å². The Labute approximate surface area is 145 Å². The highest BCUT2D eigenvalue weighted by Gasteiger charge is 2.32. The number of carbonyl (C=O) groups is 1. The molecule has 1 unspecified atom stereocenters. The van der Waals surface area contributed by atoms with Crippen molar-refractivity contribution in [1.29, 1.82) is 0 Å². The van der Waals surface area contributed by atoms with Gasteiger partial charge in [0.2, 0.25) is 0 Å². The summed E-state index contributed by atoms with van der Waals surface area (Å²) in [5.41, 5.74) is -0.0428. The summed E-state index contributed by atoms with van der Waals surface area (Å²) in [7, 11) is 4.74. The van der Waals surface area contributed by atoms with Gasteiger partial charge in [0.1, 0.15) is 17.7 Å². The summed E-state index contributed by atoms with van der Waals surface area (Å²) in [4.78, 5) is 19.0. The molecular weight excluding hydrogens is 327 g/mol. The molecule has 1 fully saturated rings. The fourth-order valence-electron chi connectivity index (χ4n) is 3.05. The number of imidazole rings is 1. The van der Waals surface area contributed by atoms with Crippen LogP contribution in [0, 0.1) is 5.82 Å². The van der Waals surface area contributed by atoms with Gasteiger partial charge in [0, 0.05) is 45.1 Å². The summed E-state index contributed by atoms with van der Waals surface area (Å²) < 4.78 is 26.6. The number of carbonyl (C=O) groups excluding carboxylic acids is 1. The second-order valence-corrected chi connectivity index (χ2v) is 5.80. The molecule has 25 heavy (non-hydrogen) atoms. The van der Waals surface area contributed by atoms with Crippen molar-refractivity contribution in [2.24, 2.45) is 7.05 Å². The third-order valence-corrected chi connectivity index (χ3v) is 4.36.